The highest BCUT2D eigenvalue weighted by atomic mass is 35.5. The maximum absolute atomic E-state index is 10.8. The summed E-state index contributed by atoms with van der Waals surface area (Å²) in [5.74, 6) is -0.291. The lowest BCUT2D eigenvalue weighted by Crippen LogP contribution is -2.60. The number of hydrogen-bond acceptors (Lipinski definition) is 10. The van der Waals surface area contributed by atoms with Gasteiger partial charge in [-0.15, -0.1) is 10.1 Å². The zero-order chi connectivity index (χ0) is 19.6. The van der Waals surface area contributed by atoms with Crippen LogP contribution in [0.5, 0.6) is 5.75 Å². The number of benzene rings is 1. The second kappa shape index (κ2) is 8.16. The zero-order valence-electron chi connectivity index (χ0n) is 12.6. The summed E-state index contributed by atoms with van der Waals surface area (Å²) in [5.41, 5.74) is -0.412. The average Bonchev–Trinajstić information content (AvgIpc) is 2.56. The van der Waals surface area contributed by atoms with Crippen molar-refractivity contribution < 1.29 is 39.6 Å². The van der Waals surface area contributed by atoms with E-state index in [1.807, 2.05) is 0 Å². The molecule has 1 fully saturated rings. The van der Waals surface area contributed by atoms with Gasteiger partial charge in [-0.2, -0.15) is 0 Å². The van der Waals surface area contributed by atoms with Crippen LogP contribution in [0.25, 0.3) is 0 Å². The fourth-order valence-electron chi connectivity index (χ4n) is 2.17. The monoisotopic (exact) mass is 414 g/mol. The number of aliphatic hydroxyl groups excluding tert-OH is 3. The van der Waals surface area contributed by atoms with Crippen molar-refractivity contribution in [2.75, 3.05) is 6.61 Å². The molecule has 0 bridgehead atoms. The largest absolute Gasteiger partial charge is 0.459 e. The molecule has 1 aromatic carbocycles. The van der Waals surface area contributed by atoms with Crippen LogP contribution in [0.1, 0.15) is 0 Å². The lowest BCUT2D eigenvalue weighted by molar-refractivity contribution is -0.760. The number of hydrogen-bond donors (Lipinski definition) is 3. The van der Waals surface area contributed by atoms with Gasteiger partial charge in [-0.3, -0.25) is 10.1 Å². The summed E-state index contributed by atoms with van der Waals surface area (Å²) in [7, 11) is 0. The number of halogens is 2. The van der Waals surface area contributed by atoms with Crippen molar-refractivity contribution in [2.45, 2.75) is 30.7 Å². The number of nitro benzene ring substituents is 1. The van der Waals surface area contributed by atoms with Crippen molar-refractivity contribution in [2.24, 2.45) is 0 Å². The molecule has 2 rings (SSSR count). The molecule has 1 aliphatic rings. The van der Waals surface area contributed by atoms with Crippen LogP contribution in [-0.4, -0.2) is 62.6 Å². The standard InChI is InChI=1S/C12H12Cl2N2O10/c13-5-1-4(15(20)21)2-6(14)11(5)26-12-10(19)9(18)8(17)7(25-12)3-24-16(22)23/h1-2,7-10,12,17-19H,3H2/t7-,8+,9+,10-,12-/m1/s1. The van der Waals surface area contributed by atoms with E-state index in [0.717, 1.165) is 12.1 Å². The molecule has 0 spiro atoms. The van der Waals surface area contributed by atoms with Crippen LogP contribution < -0.4 is 4.74 Å². The predicted molar refractivity (Wildman–Crippen MR) is 83.4 cm³/mol. The van der Waals surface area contributed by atoms with Gasteiger partial charge >= 0.3 is 0 Å². The minimum atomic E-state index is -1.79. The summed E-state index contributed by atoms with van der Waals surface area (Å²) < 4.78 is 10.4. The van der Waals surface area contributed by atoms with Crippen LogP contribution in [0.4, 0.5) is 5.69 Å². The molecule has 0 saturated carbocycles. The van der Waals surface area contributed by atoms with Crippen molar-refractivity contribution in [3.05, 3.63) is 42.4 Å². The Balaban J connectivity index is 2.21. The van der Waals surface area contributed by atoms with E-state index in [1.54, 1.807) is 0 Å². The Morgan fingerprint density at radius 3 is 2.15 bits per heavy atom. The van der Waals surface area contributed by atoms with Gasteiger partial charge in [-0.1, -0.05) is 23.2 Å². The molecule has 1 heterocycles. The minimum Gasteiger partial charge on any atom is -0.459 e. The van der Waals surface area contributed by atoms with Gasteiger partial charge in [0.15, 0.2) is 5.75 Å². The molecule has 5 atom stereocenters. The molecule has 0 aliphatic carbocycles. The summed E-state index contributed by atoms with van der Waals surface area (Å²) >= 11 is 11.7. The molecule has 0 aromatic heterocycles. The molecule has 0 radical (unpaired) electrons. The third-order valence-electron chi connectivity index (χ3n) is 3.44. The lowest BCUT2D eigenvalue weighted by atomic mass is 9.99. The van der Waals surface area contributed by atoms with Crippen molar-refractivity contribution in [3.8, 4) is 5.75 Å². The van der Waals surface area contributed by atoms with Crippen molar-refractivity contribution in [1.82, 2.24) is 0 Å². The normalized spacial score (nSPS) is 28.4. The number of ether oxygens (including phenoxy) is 2. The maximum Gasteiger partial charge on any atom is 0.294 e. The lowest BCUT2D eigenvalue weighted by Gasteiger charge is -2.39. The Morgan fingerprint density at radius 2 is 1.65 bits per heavy atom. The Bertz CT molecular complexity index is 682. The van der Waals surface area contributed by atoms with Gasteiger partial charge in [0, 0.05) is 12.1 Å². The van der Waals surface area contributed by atoms with Crippen LogP contribution in [0.2, 0.25) is 10.0 Å². The molecular formula is C12H12Cl2N2O10. The zero-order valence-corrected chi connectivity index (χ0v) is 14.1. The Morgan fingerprint density at radius 1 is 1.08 bits per heavy atom. The Hall–Kier alpha value is -1.96. The van der Waals surface area contributed by atoms with E-state index in [1.165, 1.54) is 0 Å². The first kappa shape index (κ1) is 20.4. The maximum atomic E-state index is 10.8. The molecule has 0 unspecified atom stereocenters. The highest BCUT2D eigenvalue weighted by Crippen LogP contribution is 2.38. The van der Waals surface area contributed by atoms with E-state index in [0.29, 0.717) is 0 Å². The Labute approximate surface area is 154 Å². The van der Waals surface area contributed by atoms with Gasteiger partial charge in [0.25, 0.3) is 10.8 Å². The fraction of sp³-hybridized carbons (Fsp3) is 0.500. The molecule has 1 aliphatic heterocycles. The van der Waals surface area contributed by atoms with E-state index in [4.69, 9.17) is 32.7 Å². The average molecular weight is 415 g/mol. The first-order chi connectivity index (χ1) is 12.1. The second-order valence-corrected chi connectivity index (χ2v) is 5.96. The molecule has 26 heavy (non-hydrogen) atoms. The minimum absolute atomic E-state index is 0.279. The van der Waals surface area contributed by atoms with Gasteiger partial charge in [0.2, 0.25) is 6.29 Å². The second-order valence-electron chi connectivity index (χ2n) is 5.15. The topological polar surface area (TPSA) is 175 Å². The summed E-state index contributed by atoms with van der Waals surface area (Å²) in [6.45, 7) is -0.750. The van der Waals surface area contributed by atoms with Crippen LogP contribution >= 0.6 is 23.2 Å². The first-order valence-corrected chi connectivity index (χ1v) is 7.64. The fourth-order valence-corrected chi connectivity index (χ4v) is 2.73. The van der Waals surface area contributed by atoms with Gasteiger partial charge in [0.1, 0.15) is 31.0 Å². The van der Waals surface area contributed by atoms with Crippen LogP contribution in [0, 0.1) is 20.2 Å². The highest BCUT2D eigenvalue weighted by Gasteiger charge is 2.45. The molecule has 3 N–H and O–H groups in total. The number of aliphatic hydroxyl groups is 3. The number of nitro groups is 1. The summed E-state index contributed by atoms with van der Waals surface area (Å²) in [4.78, 5) is 24.4. The van der Waals surface area contributed by atoms with Gasteiger partial charge in [0.05, 0.1) is 15.0 Å². The SMILES string of the molecule is O=[N+]([O-])OC[C@H]1O[C@H](Oc2c(Cl)cc([N+](=O)[O-])cc2Cl)[C@H](O)[C@@H](O)[C@H]1O. The molecule has 14 heteroatoms. The number of nitrogens with zero attached hydrogens (tertiary/aromatic N) is 2. The van der Waals surface area contributed by atoms with Gasteiger partial charge in [-0.25, -0.2) is 0 Å². The summed E-state index contributed by atoms with van der Waals surface area (Å²) in [5, 5.41) is 48.9. The third-order valence-corrected chi connectivity index (χ3v) is 4.00. The number of rotatable bonds is 6. The summed E-state index contributed by atoms with van der Waals surface area (Å²) in [6.07, 6.45) is -8.33. The van der Waals surface area contributed by atoms with E-state index in [2.05, 4.69) is 4.84 Å². The van der Waals surface area contributed by atoms with Crippen molar-refractivity contribution >= 4 is 28.9 Å². The van der Waals surface area contributed by atoms with E-state index in [-0.39, 0.29) is 15.8 Å². The van der Waals surface area contributed by atoms with Crippen LogP contribution in [0.15, 0.2) is 12.1 Å². The molecule has 0 amide bonds. The van der Waals surface area contributed by atoms with E-state index >= 15 is 0 Å². The van der Waals surface area contributed by atoms with Gasteiger partial charge < -0.3 is 29.6 Å². The van der Waals surface area contributed by atoms with Gasteiger partial charge in [-0.05, 0) is 0 Å². The van der Waals surface area contributed by atoms with Crippen LogP contribution in [0.3, 0.4) is 0 Å². The quantitative estimate of drug-likeness (QED) is 0.433. The predicted octanol–water partition coefficient (Wildman–Crippen LogP) is 0.296. The Kier molecular flexibility index (Phi) is 6.39. The molecule has 144 valence electrons. The summed E-state index contributed by atoms with van der Waals surface area (Å²) in [6, 6.07) is 1.88. The number of non-ortho nitro benzene ring substituents is 1. The molecule has 12 nitrogen and oxygen atoms in total. The molecule has 1 saturated heterocycles. The smallest absolute Gasteiger partial charge is 0.294 e. The van der Waals surface area contributed by atoms with E-state index < -0.39 is 53.0 Å². The first-order valence-electron chi connectivity index (χ1n) is 6.89. The van der Waals surface area contributed by atoms with Crippen molar-refractivity contribution in [1.29, 1.82) is 0 Å². The highest BCUT2D eigenvalue weighted by molar-refractivity contribution is 6.37. The molecular weight excluding hydrogens is 403 g/mol. The van der Waals surface area contributed by atoms with E-state index in [9.17, 15) is 35.5 Å². The third kappa shape index (κ3) is 4.41. The van der Waals surface area contributed by atoms with Crippen LogP contribution in [-0.2, 0) is 9.57 Å². The van der Waals surface area contributed by atoms with Crippen molar-refractivity contribution in [3.63, 3.8) is 0 Å². The molecule has 1 aromatic rings.